The van der Waals surface area contributed by atoms with Crippen LogP contribution >= 0.6 is 0 Å². The standard InChI is InChI=1S/C21H23NO/c1-21-14-8-13-17(23)18(21)19(15-9-4-2-5-10-15)22-20(21)16-11-6-3-7-12-16/h2-7,9-12,18-20,22H,8,13-14H2,1H3. The summed E-state index contributed by atoms with van der Waals surface area (Å²) in [5, 5.41) is 3.82. The third-order valence-corrected chi connectivity index (χ3v) is 5.83. The van der Waals surface area contributed by atoms with Gasteiger partial charge in [-0.15, -0.1) is 0 Å². The molecule has 2 aliphatic rings. The monoisotopic (exact) mass is 305 g/mol. The Labute approximate surface area is 137 Å². The minimum Gasteiger partial charge on any atom is -0.302 e. The summed E-state index contributed by atoms with van der Waals surface area (Å²) in [5.41, 5.74) is 2.53. The van der Waals surface area contributed by atoms with Gasteiger partial charge >= 0.3 is 0 Å². The van der Waals surface area contributed by atoms with Crippen LogP contribution in [0.5, 0.6) is 0 Å². The molecule has 2 aromatic carbocycles. The first-order valence-corrected chi connectivity index (χ1v) is 8.59. The molecule has 23 heavy (non-hydrogen) atoms. The van der Waals surface area contributed by atoms with E-state index in [-0.39, 0.29) is 23.4 Å². The molecule has 118 valence electrons. The fourth-order valence-electron chi connectivity index (χ4n) is 4.75. The second kappa shape index (κ2) is 5.61. The van der Waals surface area contributed by atoms with Crippen molar-refractivity contribution in [2.45, 2.75) is 38.3 Å². The molecular weight excluding hydrogens is 282 g/mol. The fraction of sp³-hybridized carbons (Fsp3) is 0.381. The Balaban J connectivity index is 1.79. The van der Waals surface area contributed by atoms with Gasteiger partial charge in [-0.3, -0.25) is 4.79 Å². The van der Waals surface area contributed by atoms with Gasteiger partial charge < -0.3 is 5.32 Å². The normalized spacial score (nSPS) is 33.4. The van der Waals surface area contributed by atoms with Gasteiger partial charge in [0.2, 0.25) is 0 Å². The van der Waals surface area contributed by atoms with Gasteiger partial charge in [0.1, 0.15) is 5.78 Å². The van der Waals surface area contributed by atoms with Crippen molar-refractivity contribution < 1.29 is 4.79 Å². The predicted molar refractivity (Wildman–Crippen MR) is 92.0 cm³/mol. The Hall–Kier alpha value is -1.93. The summed E-state index contributed by atoms with van der Waals surface area (Å²) in [6.07, 6.45) is 2.85. The van der Waals surface area contributed by atoms with Gasteiger partial charge in [0, 0.05) is 24.4 Å². The zero-order valence-electron chi connectivity index (χ0n) is 13.5. The van der Waals surface area contributed by atoms with E-state index in [9.17, 15) is 4.79 Å². The van der Waals surface area contributed by atoms with Gasteiger partial charge in [0.05, 0.1) is 0 Å². The lowest BCUT2D eigenvalue weighted by Gasteiger charge is -2.39. The minimum absolute atomic E-state index is 0.00278. The highest BCUT2D eigenvalue weighted by molar-refractivity contribution is 5.84. The van der Waals surface area contributed by atoms with Crippen molar-refractivity contribution in [1.82, 2.24) is 5.32 Å². The third kappa shape index (κ3) is 2.33. The first-order valence-electron chi connectivity index (χ1n) is 8.59. The Morgan fingerprint density at radius 3 is 2.22 bits per heavy atom. The summed E-state index contributed by atoms with van der Waals surface area (Å²) in [5.74, 6) is 0.502. The van der Waals surface area contributed by atoms with Gasteiger partial charge in [-0.05, 0) is 29.4 Å². The number of ketones is 1. The van der Waals surface area contributed by atoms with Crippen LogP contribution in [0, 0.1) is 11.3 Å². The molecule has 2 aromatic rings. The highest BCUT2D eigenvalue weighted by atomic mass is 16.1. The molecule has 1 aliphatic carbocycles. The summed E-state index contributed by atoms with van der Waals surface area (Å²) in [6.45, 7) is 2.31. The summed E-state index contributed by atoms with van der Waals surface area (Å²) < 4.78 is 0. The molecular formula is C21H23NO. The highest BCUT2D eigenvalue weighted by Crippen LogP contribution is 2.57. The van der Waals surface area contributed by atoms with Crippen molar-refractivity contribution in [3.8, 4) is 0 Å². The number of benzene rings is 2. The first-order chi connectivity index (χ1) is 11.2. The van der Waals surface area contributed by atoms with Crippen LogP contribution in [0.15, 0.2) is 60.7 Å². The van der Waals surface area contributed by atoms with E-state index in [0.717, 1.165) is 19.3 Å². The summed E-state index contributed by atoms with van der Waals surface area (Å²) >= 11 is 0. The maximum Gasteiger partial charge on any atom is 0.138 e. The van der Waals surface area contributed by atoms with E-state index in [1.54, 1.807) is 0 Å². The smallest absolute Gasteiger partial charge is 0.138 e. The molecule has 0 radical (unpaired) electrons. The Morgan fingerprint density at radius 1 is 0.957 bits per heavy atom. The van der Waals surface area contributed by atoms with Crippen molar-refractivity contribution in [2.24, 2.45) is 11.3 Å². The molecule has 0 amide bonds. The molecule has 4 unspecified atom stereocenters. The van der Waals surface area contributed by atoms with Gasteiger partial charge in [0.25, 0.3) is 0 Å². The van der Waals surface area contributed by atoms with Gasteiger partial charge in [-0.2, -0.15) is 0 Å². The van der Waals surface area contributed by atoms with Crippen LogP contribution in [0.3, 0.4) is 0 Å². The topological polar surface area (TPSA) is 29.1 Å². The highest BCUT2D eigenvalue weighted by Gasteiger charge is 2.56. The lowest BCUT2D eigenvalue weighted by atomic mass is 9.62. The van der Waals surface area contributed by atoms with Crippen molar-refractivity contribution >= 4 is 5.78 Å². The summed E-state index contributed by atoms with van der Waals surface area (Å²) in [4.78, 5) is 12.8. The van der Waals surface area contributed by atoms with Gasteiger partial charge in [0.15, 0.2) is 0 Å². The number of nitrogens with one attached hydrogen (secondary N) is 1. The number of rotatable bonds is 2. The van der Waals surface area contributed by atoms with Crippen LogP contribution in [0.4, 0.5) is 0 Å². The van der Waals surface area contributed by atoms with E-state index in [0.29, 0.717) is 5.78 Å². The molecule has 1 N–H and O–H groups in total. The van der Waals surface area contributed by atoms with E-state index in [2.05, 4.69) is 66.8 Å². The molecule has 1 saturated carbocycles. The molecule has 1 aliphatic heterocycles. The maximum atomic E-state index is 12.8. The van der Waals surface area contributed by atoms with E-state index < -0.39 is 0 Å². The third-order valence-electron chi connectivity index (χ3n) is 5.83. The van der Waals surface area contributed by atoms with Crippen LogP contribution < -0.4 is 5.32 Å². The molecule has 1 heterocycles. The molecule has 2 heteroatoms. The number of hydrogen-bond donors (Lipinski definition) is 1. The molecule has 0 aromatic heterocycles. The number of hydrogen-bond acceptors (Lipinski definition) is 2. The second-order valence-electron chi connectivity index (χ2n) is 7.20. The van der Waals surface area contributed by atoms with Crippen LogP contribution in [-0.4, -0.2) is 5.78 Å². The quantitative estimate of drug-likeness (QED) is 0.888. The fourth-order valence-corrected chi connectivity index (χ4v) is 4.75. The summed E-state index contributed by atoms with van der Waals surface area (Å²) in [6, 6.07) is 21.4. The second-order valence-corrected chi connectivity index (χ2v) is 7.20. The Bertz CT molecular complexity index is 696. The van der Waals surface area contributed by atoms with Gasteiger partial charge in [-0.25, -0.2) is 0 Å². The molecule has 0 spiro atoms. The van der Waals surface area contributed by atoms with E-state index >= 15 is 0 Å². The molecule has 4 rings (SSSR count). The van der Waals surface area contributed by atoms with Gasteiger partial charge in [-0.1, -0.05) is 67.6 Å². The zero-order chi connectivity index (χ0) is 15.9. The first kappa shape index (κ1) is 14.6. The predicted octanol–water partition coefficient (Wildman–Crippen LogP) is 4.45. The molecule has 0 bridgehead atoms. The number of carbonyl (C=O) groups is 1. The Morgan fingerprint density at radius 2 is 1.57 bits per heavy atom. The van der Waals surface area contributed by atoms with Crippen LogP contribution in [0.2, 0.25) is 0 Å². The molecule has 2 fully saturated rings. The van der Waals surface area contributed by atoms with Crippen LogP contribution in [-0.2, 0) is 4.79 Å². The average Bonchev–Trinajstić information content (AvgIpc) is 2.91. The molecule has 4 atom stereocenters. The molecule has 2 nitrogen and oxygen atoms in total. The van der Waals surface area contributed by atoms with Crippen molar-refractivity contribution in [1.29, 1.82) is 0 Å². The maximum absolute atomic E-state index is 12.8. The van der Waals surface area contributed by atoms with E-state index in [1.165, 1.54) is 11.1 Å². The number of Topliss-reactive ketones (excluding diaryl/α,β-unsaturated/α-hetero) is 1. The van der Waals surface area contributed by atoms with E-state index in [1.807, 2.05) is 6.07 Å². The average molecular weight is 305 g/mol. The van der Waals surface area contributed by atoms with Crippen LogP contribution in [0.1, 0.15) is 49.4 Å². The van der Waals surface area contributed by atoms with Crippen molar-refractivity contribution in [2.75, 3.05) is 0 Å². The number of fused-ring (bicyclic) bond motifs is 1. The Kier molecular flexibility index (Phi) is 3.57. The minimum atomic E-state index is -0.00278. The lowest BCUT2D eigenvalue weighted by molar-refractivity contribution is -0.129. The lowest BCUT2D eigenvalue weighted by Crippen LogP contribution is -2.38. The van der Waals surface area contributed by atoms with Crippen LogP contribution in [0.25, 0.3) is 0 Å². The SMILES string of the molecule is CC12CCCC(=O)C1C(c1ccccc1)NC2c1ccccc1. The largest absolute Gasteiger partial charge is 0.302 e. The van der Waals surface area contributed by atoms with Crippen molar-refractivity contribution in [3.05, 3.63) is 71.8 Å². The zero-order valence-corrected chi connectivity index (χ0v) is 13.5. The van der Waals surface area contributed by atoms with Crippen molar-refractivity contribution in [3.63, 3.8) is 0 Å². The summed E-state index contributed by atoms with van der Waals surface area (Å²) in [7, 11) is 0. The molecule has 1 saturated heterocycles. The van der Waals surface area contributed by atoms with E-state index in [4.69, 9.17) is 0 Å². The number of carbonyl (C=O) groups excluding carboxylic acids is 1.